The molecule has 1 rings (SSSR count). The molecule has 1 aliphatic carbocycles. The van der Waals surface area contributed by atoms with E-state index in [1.165, 1.54) is 0 Å². The maximum atomic E-state index is 11.4. The highest BCUT2D eigenvalue weighted by molar-refractivity contribution is 7.91. The Labute approximate surface area is 93.9 Å². The molecule has 6 nitrogen and oxygen atoms in total. The van der Waals surface area contributed by atoms with Crippen molar-refractivity contribution in [1.82, 2.24) is 5.32 Å². The van der Waals surface area contributed by atoms with Gasteiger partial charge < -0.3 is 10.4 Å². The van der Waals surface area contributed by atoms with Gasteiger partial charge in [0.15, 0.2) is 9.84 Å². The van der Waals surface area contributed by atoms with Crippen LogP contribution in [0.25, 0.3) is 0 Å². The van der Waals surface area contributed by atoms with Gasteiger partial charge in [0, 0.05) is 6.26 Å². The number of carboxylic acids is 1. The first-order valence-electron chi connectivity index (χ1n) is 4.97. The smallest absolute Gasteiger partial charge is 0.329 e. The van der Waals surface area contributed by atoms with E-state index in [0.717, 1.165) is 19.1 Å². The number of carbonyl (C=O) groups is 2. The van der Waals surface area contributed by atoms with Gasteiger partial charge in [-0.25, -0.2) is 13.2 Å². The molecule has 0 aliphatic heterocycles. The molecule has 0 radical (unpaired) electrons. The third-order valence-corrected chi connectivity index (χ3v) is 3.43. The molecular formula is C9H15NO5S. The maximum absolute atomic E-state index is 11.4. The molecule has 0 atom stereocenters. The van der Waals surface area contributed by atoms with E-state index < -0.39 is 33.0 Å². The lowest BCUT2D eigenvalue weighted by atomic mass is 9.98. The van der Waals surface area contributed by atoms with Crippen molar-refractivity contribution in [2.24, 2.45) is 0 Å². The molecule has 92 valence electrons. The molecule has 0 unspecified atom stereocenters. The number of aliphatic carboxylic acids is 1. The van der Waals surface area contributed by atoms with Crippen molar-refractivity contribution < 1.29 is 23.1 Å². The van der Waals surface area contributed by atoms with E-state index in [4.69, 9.17) is 5.11 Å². The van der Waals surface area contributed by atoms with Crippen LogP contribution in [0.2, 0.25) is 0 Å². The largest absolute Gasteiger partial charge is 0.480 e. The molecule has 0 aromatic carbocycles. The van der Waals surface area contributed by atoms with Crippen LogP contribution >= 0.6 is 0 Å². The van der Waals surface area contributed by atoms with Crippen LogP contribution in [-0.4, -0.2) is 42.9 Å². The summed E-state index contributed by atoms with van der Waals surface area (Å²) in [6, 6.07) is 0. The third kappa shape index (κ3) is 3.19. The second-order valence-electron chi connectivity index (χ2n) is 4.21. The summed E-state index contributed by atoms with van der Waals surface area (Å²) < 4.78 is 21.8. The number of hydrogen-bond donors (Lipinski definition) is 2. The predicted molar refractivity (Wildman–Crippen MR) is 56.7 cm³/mol. The number of rotatable bonds is 4. The van der Waals surface area contributed by atoms with Crippen molar-refractivity contribution in [3.63, 3.8) is 0 Å². The first kappa shape index (κ1) is 13.0. The molecule has 0 spiro atoms. The number of nitrogens with one attached hydrogen (secondary N) is 1. The van der Waals surface area contributed by atoms with Crippen molar-refractivity contribution in [2.75, 3.05) is 12.0 Å². The topological polar surface area (TPSA) is 101 Å². The summed E-state index contributed by atoms with van der Waals surface area (Å²) in [7, 11) is -3.42. The second kappa shape index (κ2) is 4.40. The molecule has 0 saturated heterocycles. The zero-order valence-electron chi connectivity index (χ0n) is 9.02. The lowest BCUT2D eigenvalue weighted by Gasteiger charge is -2.25. The average Bonchev–Trinajstić information content (AvgIpc) is 2.49. The molecule has 0 bridgehead atoms. The van der Waals surface area contributed by atoms with Crippen LogP contribution in [0.1, 0.15) is 25.7 Å². The second-order valence-corrected chi connectivity index (χ2v) is 6.35. The zero-order chi connectivity index (χ0) is 12.4. The Morgan fingerprint density at radius 1 is 1.31 bits per heavy atom. The van der Waals surface area contributed by atoms with E-state index in [1.54, 1.807) is 0 Å². The average molecular weight is 249 g/mol. The summed E-state index contributed by atoms with van der Waals surface area (Å²) in [5.41, 5.74) is -1.26. The fourth-order valence-electron chi connectivity index (χ4n) is 1.91. The van der Waals surface area contributed by atoms with Gasteiger partial charge in [0.25, 0.3) is 0 Å². The zero-order valence-corrected chi connectivity index (χ0v) is 9.84. The highest BCUT2D eigenvalue weighted by Crippen LogP contribution is 2.29. The molecule has 7 heteroatoms. The Kier molecular flexibility index (Phi) is 3.57. The van der Waals surface area contributed by atoms with E-state index in [2.05, 4.69) is 5.32 Å². The summed E-state index contributed by atoms with van der Waals surface area (Å²) in [5.74, 6) is -2.50. The summed E-state index contributed by atoms with van der Waals surface area (Å²) in [5, 5.41) is 11.4. The van der Waals surface area contributed by atoms with Gasteiger partial charge in [-0.05, 0) is 12.8 Å². The first-order valence-corrected chi connectivity index (χ1v) is 7.03. The SMILES string of the molecule is CS(=O)(=O)CC(=O)NC1(C(=O)O)CCCC1. The highest BCUT2D eigenvalue weighted by atomic mass is 32.2. The maximum Gasteiger partial charge on any atom is 0.329 e. The minimum absolute atomic E-state index is 0.359. The van der Waals surface area contributed by atoms with Gasteiger partial charge in [-0.15, -0.1) is 0 Å². The summed E-state index contributed by atoms with van der Waals surface area (Å²) >= 11 is 0. The molecule has 2 N–H and O–H groups in total. The number of hydrogen-bond acceptors (Lipinski definition) is 4. The first-order chi connectivity index (χ1) is 7.25. The Hall–Kier alpha value is -1.11. The van der Waals surface area contributed by atoms with E-state index in [0.29, 0.717) is 12.8 Å². The number of carbonyl (C=O) groups excluding carboxylic acids is 1. The summed E-state index contributed by atoms with van der Waals surface area (Å²) in [6.45, 7) is 0. The molecule has 0 aromatic rings. The Morgan fingerprint density at radius 2 is 1.81 bits per heavy atom. The van der Waals surface area contributed by atoms with Crippen molar-refractivity contribution in [1.29, 1.82) is 0 Å². The number of carboxylic acid groups (broad SMARTS) is 1. The van der Waals surface area contributed by atoms with Crippen LogP contribution in [0.5, 0.6) is 0 Å². The molecule has 1 fully saturated rings. The van der Waals surface area contributed by atoms with Crippen LogP contribution < -0.4 is 5.32 Å². The van der Waals surface area contributed by atoms with Crippen molar-refractivity contribution in [3.8, 4) is 0 Å². The number of sulfone groups is 1. The van der Waals surface area contributed by atoms with Crippen LogP contribution in [0.3, 0.4) is 0 Å². The Balaban J connectivity index is 2.70. The minimum Gasteiger partial charge on any atom is -0.480 e. The summed E-state index contributed by atoms with van der Waals surface area (Å²) in [6.07, 6.45) is 3.11. The van der Waals surface area contributed by atoms with E-state index in [-0.39, 0.29) is 0 Å². The fourth-order valence-corrected chi connectivity index (χ4v) is 2.46. The molecule has 16 heavy (non-hydrogen) atoms. The van der Waals surface area contributed by atoms with Gasteiger partial charge in [0.1, 0.15) is 11.3 Å². The van der Waals surface area contributed by atoms with Crippen molar-refractivity contribution in [2.45, 2.75) is 31.2 Å². The van der Waals surface area contributed by atoms with Crippen molar-refractivity contribution in [3.05, 3.63) is 0 Å². The number of amides is 1. The van der Waals surface area contributed by atoms with E-state index in [1.807, 2.05) is 0 Å². The molecule has 1 amide bonds. The monoisotopic (exact) mass is 249 g/mol. The van der Waals surface area contributed by atoms with Gasteiger partial charge in [-0.3, -0.25) is 4.79 Å². The van der Waals surface area contributed by atoms with E-state index in [9.17, 15) is 18.0 Å². The molecule has 1 saturated carbocycles. The van der Waals surface area contributed by atoms with Crippen LogP contribution in [-0.2, 0) is 19.4 Å². The lowest BCUT2D eigenvalue weighted by Crippen LogP contribution is -2.53. The fraction of sp³-hybridized carbons (Fsp3) is 0.778. The van der Waals surface area contributed by atoms with Crippen LogP contribution in [0, 0.1) is 0 Å². The minimum atomic E-state index is -3.42. The Bertz CT molecular complexity index is 394. The van der Waals surface area contributed by atoms with Crippen LogP contribution in [0.4, 0.5) is 0 Å². The summed E-state index contributed by atoms with van der Waals surface area (Å²) in [4.78, 5) is 22.4. The molecule has 1 aliphatic rings. The van der Waals surface area contributed by atoms with Gasteiger partial charge in [-0.1, -0.05) is 12.8 Å². The van der Waals surface area contributed by atoms with Gasteiger partial charge in [-0.2, -0.15) is 0 Å². The van der Waals surface area contributed by atoms with E-state index >= 15 is 0 Å². The third-order valence-electron chi connectivity index (χ3n) is 2.64. The predicted octanol–water partition coefficient (Wildman–Crippen LogP) is -0.455. The molecule has 0 heterocycles. The van der Waals surface area contributed by atoms with Gasteiger partial charge in [0.05, 0.1) is 0 Å². The lowest BCUT2D eigenvalue weighted by molar-refractivity contribution is -0.147. The van der Waals surface area contributed by atoms with Gasteiger partial charge in [0.2, 0.25) is 5.91 Å². The highest BCUT2D eigenvalue weighted by Gasteiger charge is 2.42. The molecular weight excluding hydrogens is 234 g/mol. The van der Waals surface area contributed by atoms with Crippen LogP contribution in [0.15, 0.2) is 0 Å². The molecule has 0 aromatic heterocycles. The standard InChI is InChI=1S/C9H15NO5S/c1-16(14,15)6-7(11)10-9(8(12)13)4-2-3-5-9/h2-6H2,1H3,(H,10,11)(H,12,13). The Morgan fingerprint density at radius 3 is 2.19 bits per heavy atom. The normalized spacial score (nSPS) is 19.3. The van der Waals surface area contributed by atoms with Crippen molar-refractivity contribution >= 4 is 21.7 Å². The quantitative estimate of drug-likeness (QED) is 0.702. The van der Waals surface area contributed by atoms with Gasteiger partial charge >= 0.3 is 5.97 Å².